The molecule has 1 unspecified atom stereocenters. The Morgan fingerprint density at radius 2 is 2.03 bits per heavy atom. The lowest BCUT2D eigenvalue weighted by atomic mass is 10.2. The van der Waals surface area contributed by atoms with Crippen LogP contribution in [0.25, 0.3) is 10.9 Å². The molecule has 10 heteroatoms. The lowest BCUT2D eigenvalue weighted by Gasteiger charge is -2.30. The summed E-state index contributed by atoms with van der Waals surface area (Å²) in [6.45, 7) is 11.2. The number of fused-ring (bicyclic) bond motifs is 1. The molecule has 0 aliphatic carbocycles. The van der Waals surface area contributed by atoms with E-state index >= 15 is 0 Å². The van der Waals surface area contributed by atoms with E-state index in [9.17, 15) is 9.59 Å². The number of thiol groups is 1. The first-order valence-corrected chi connectivity index (χ1v) is 11.0. The van der Waals surface area contributed by atoms with Crippen LogP contribution in [-0.4, -0.2) is 69.3 Å². The molecular weight excluding hydrogens is 432 g/mol. The van der Waals surface area contributed by atoms with Crippen molar-refractivity contribution < 1.29 is 24.2 Å². The number of rotatable bonds is 7. The number of aryl methyl sites for hydroxylation is 1. The Balaban J connectivity index is 0.000000237. The van der Waals surface area contributed by atoms with Gasteiger partial charge in [0.2, 0.25) is 0 Å². The van der Waals surface area contributed by atoms with E-state index in [0.717, 1.165) is 17.4 Å². The molecule has 1 aromatic carbocycles. The van der Waals surface area contributed by atoms with Crippen molar-refractivity contribution in [3.63, 3.8) is 0 Å². The minimum Gasteiger partial charge on any atom is -0.481 e. The summed E-state index contributed by atoms with van der Waals surface area (Å²) < 4.78 is 10.5. The zero-order valence-electron chi connectivity index (χ0n) is 19.0. The third-order valence-electron chi connectivity index (χ3n) is 4.35. The Hall–Kier alpha value is -2.59. The largest absolute Gasteiger partial charge is 0.481 e. The quantitative estimate of drug-likeness (QED) is 0.423. The number of nitrogens with one attached hydrogen (secondary N) is 1. The fourth-order valence-electron chi connectivity index (χ4n) is 2.74. The number of alkyl carbamates (subject to hydrolysis) is 1. The minimum atomic E-state index is -1.03. The van der Waals surface area contributed by atoms with Gasteiger partial charge < -0.3 is 19.9 Å². The van der Waals surface area contributed by atoms with Gasteiger partial charge in [-0.2, -0.15) is 17.6 Å². The molecule has 1 aromatic heterocycles. The van der Waals surface area contributed by atoms with E-state index in [2.05, 4.69) is 51.9 Å². The Kier molecular flexibility index (Phi) is 9.52. The minimum absolute atomic E-state index is 0.248. The molecule has 2 heterocycles. The third-order valence-corrected chi connectivity index (χ3v) is 4.66. The van der Waals surface area contributed by atoms with Gasteiger partial charge in [-0.1, -0.05) is 11.6 Å². The SMILES string of the molecule is CC(C)(C)OC(=O)NC(S)CC(=O)O.Cc1ccc2nc(OCCN3CCC3)ncc2c1. The van der Waals surface area contributed by atoms with Crippen molar-refractivity contribution in [2.75, 3.05) is 26.2 Å². The number of aliphatic carboxylic acids is 1. The molecule has 1 amide bonds. The Bertz CT molecular complexity index is 915. The van der Waals surface area contributed by atoms with E-state index in [1.807, 2.05) is 12.3 Å². The van der Waals surface area contributed by atoms with Gasteiger partial charge in [-0.15, -0.1) is 0 Å². The summed E-state index contributed by atoms with van der Waals surface area (Å²) >= 11 is 3.87. The molecule has 32 heavy (non-hydrogen) atoms. The highest BCUT2D eigenvalue weighted by Crippen LogP contribution is 2.15. The predicted octanol–water partition coefficient (Wildman–Crippen LogP) is 3.26. The van der Waals surface area contributed by atoms with E-state index in [-0.39, 0.29) is 6.42 Å². The smallest absolute Gasteiger partial charge is 0.408 e. The third kappa shape index (κ3) is 9.69. The fraction of sp³-hybridized carbons (Fsp3) is 0.545. The number of hydrogen-bond acceptors (Lipinski definition) is 8. The number of hydrogen-bond donors (Lipinski definition) is 3. The Labute approximate surface area is 193 Å². The van der Waals surface area contributed by atoms with Crippen LogP contribution in [0.1, 0.15) is 39.2 Å². The van der Waals surface area contributed by atoms with Gasteiger partial charge in [0.25, 0.3) is 0 Å². The number of aromatic nitrogens is 2. The number of likely N-dealkylation sites (tertiary alicyclic amines) is 1. The molecule has 1 aliphatic rings. The van der Waals surface area contributed by atoms with Crippen molar-refractivity contribution >= 4 is 35.6 Å². The Morgan fingerprint density at radius 1 is 1.31 bits per heavy atom. The molecule has 1 saturated heterocycles. The zero-order chi connectivity index (χ0) is 23.7. The highest BCUT2D eigenvalue weighted by molar-refractivity contribution is 7.80. The first kappa shape index (κ1) is 25.7. The average molecular weight is 465 g/mol. The van der Waals surface area contributed by atoms with Crippen LogP contribution in [0.2, 0.25) is 0 Å². The van der Waals surface area contributed by atoms with Gasteiger partial charge in [0.1, 0.15) is 12.2 Å². The molecule has 3 rings (SSSR count). The number of ether oxygens (including phenoxy) is 2. The molecule has 1 atom stereocenters. The summed E-state index contributed by atoms with van der Waals surface area (Å²) in [5, 5.41) is 11.0. The summed E-state index contributed by atoms with van der Waals surface area (Å²) in [5.41, 5.74) is 1.56. The van der Waals surface area contributed by atoms with E-state index < -0.39 is 23.0 Å². The number of carboxylic acid groups (broad SMARTS) is 1. The molecule has 2 aromatic rings. The van der Waals surface area contributed by atoms with Crippen molar-refractivity contribution in [1.82, 2.24) is 20.2 Å². The zero-order valence-corrected chi connectivity index (χ0v) is 19.9. The van der Waals surface area contributed by atoms with Gasteiger partial charge in [-0.25, -0.2) is 9.78 Å². The molecular formula is C22H32N4O5S. The highest BCUT2D eigenvalue weighted by Gasteiger charge is 2.19. The fourth-order valence-corrected chi connectivity index (χ4v) is 3.00. The maximum atomic E-state index is 11.1. The van der Waals surface area contributed by atoms with Crippen molar-refractivity contribution in [2.24, 2.45) is 0 Å². The summed E-state index contributed by atoms with van der Waals surface area (Å²) in [4.78, 5) is 32.3. The molecule has 1 aliphatic heterocycles. The molecule has 0 bridgehead atoms. The molecule has 1 fully saturated rings. The second-order valence-corrected chi connectivity index (χ2v) is 9.14. The molecule has 2 N–H and O–H groups in total. The Morgan fingerprint density at radius 3 is 2.62 bits per heavy atom. The normalized spacial score (nSPS) is 14.5. The number of benzene rings is 1. The summed E-state index contributed by atoms with van der Waals surface area (Å²) in [7, 11) is 0. The molecule has 9 nitrogen and oxygen atoms in total. The van der Waals surface area contributed by atoms with Crippen LogP contribution < -0.4 is 10.1 Å². The number of amides is 1. The molecule has 176 valence electrons. The van der Waals surface area contributed by atoms with E-state index in [4.69, 9.17) is 14.6 Å². The lowest BCUT2D eigenvalue weighted by Crippen LogP contribution is -2.39. The number of carbonyl (C=O) groups is 2. The van der Waals surface area contributed by atoms with Crippen LogP contribution in [-0.2, 0) is 9.53 Å². The van der Waals surface area contributed by atoms with Gasteiger partial charge in [-0.05, 0) is 59.3 Å². The first-order valence-electron chi connectivity index (χ1n) is 10.5. The van der Waals surface area contributed by atoms with E-state index in [0.29, 0.717) is 12.6 Å². The van der Waals surface area contributed by atoms with Gasteiger partial charge >= 0.3 is 18.1 Å². The number of carboxylic acids is 1. The van der Waals surface area contributed by atoms with E-state index in [1.165, 1.54) is 25.1 Å². The van der Waals surface area contributed by atoms with Crippen molar-refractivity contribution in [3.05, 3.63) is 30.0 Å². The van der Waals surface area contributed by atoms with E-state index in [1.54, 1.807) is 20.8 Å². The van der Waals surface area contributed by atoms with Crippen LogP contribution in [0.3, 0.4) is 0 Å². The summed E-state index contributed by atoms with van der Waals surface area (Å²) in [6, 6.07) is 6.62. The lowest BCUT2D eigenvalue weighted by molar-refractivity contribution is -0.137. The topological polar surface area (TPSA) is 114 Å². The highest BCUT2D eigenvalue weighted by atomic mass is 32.1. The predicted molar refractivity (Wildman–Crippen MR) is 125 cm³/mol. The van der Waals surface area contributed by atoms with Gasteiger partial charge in [0.15, 0.2) is 0 Å². The molecule has 0 radical (unpaired) electrons. The number of carbonyl (C=O) groups excluding carboxylic acids is 1. The standard InChI is InChI=1S/C14H17N3O.C8H15NO4S/c1-11-3-4-13-12(9-11)10-15-14(16-13)18-8-7-17-5-2-6-17;1-8(2,3)13-7(12)9-5(14)4-6(10)11/h3-4,9-10H,2,5-8H2,1H3;5,14H,4H2,1-3H3,(H,9,12)(H,10,11). The number of nitrogens with zero attached hydrogens (tertiary/aromatic N) is 3. The van der Waals surface area contributed by atoms with Crippen molar-refractivity contribution in [3.8, 4) is 6.01 Å². The van der Waals surface area contributed by atoms with Crippen LogP contribution in [0.5, 0.6) is 6.01 Å². The average Bonchev–Trinajstić information content (AvgIpc) is 2.62. The molecule has 0 saturated carbocycles. The van der Waals surface area contributed by atoms with Crippen LogP contribution in [0.15, 0.2) is 24.4 Å². The maximum Gasteiger partial charge on any atom is 0.408 e. The monoisotopic (exact) mass is 464 g/mol. The summed E-state index contributed by atoms with van der Waals surface area (Å²) in [5.74, 6) is -1.03. The van der Waals surface area contributed by atoms with Crippen molar-refractivity contribution in [2.45, 2.75) is 51.5 Å². The molecule has 0 spiro atoms. The maximum absolute atomic E-state index is 11.1. The van der Waals surface area contributed by atoms with Crippen LogP contribution in [0.4, 0.5) is 4.79 Å². The van der Waals surface area contributed by atoms with Crippen molar-refractivity contribution in [1.29, 1.82) is 0 Å². The second-order valence-electron chi connectivity index (χ2n) is 8.52. The van der Waals surface area contributed by atoms with Crippen LogP contribution >= 0.6 is 12.6 Å². The second kappa shape index (κ2) is 11.9. The summed E-state index contributed by atoms with van der Waals surface area (Å²) in [6.07, 6.45) is 2.22. The van der Waals surface area contributed by atoms with Crippen LogP contribution in [0, 0.1) is 6.92 Å². The van der Waals surface area contributed by atoms with Gasteiger partial charge in [-0.3, -0.25) is 9.69 Å². The van der Waals surface area contributed by atoms with Gasteiger partial charge in [0, 0.05) is 18.1 Å². The first-order chi connectivity index (χ1) is 15.0. The van der Waals surface area contributed by atoms with Gasteiger partial charge in [0.05, 0.1) is 17.3 Å².